The molecule has 3 atom stereocenters. The van der Waals surface area contributed by atoms with Gasteiger partial charge in [-0.1, -0.05) is 0 Å². The number of amides is 1. The molecule has 18 heavy (non-hydrogen) atoms. The van der Waals surface area contributed by atoms with Crippen molar-refractivity contribution in [2.24, 2.45) is 11.7 Å². The van der Waals surface area contributed by atoms with E-state index in [9.17, 15) is 18.0 Å². The van der Waals surface area contributed by atoms with Gasteiger partial charge < -0.3 is 11.1 Å². The number of likely N-dealkylation sites (tertiary alicyclic amines) is 1. The maximum Gasteiger partial charge on any atom is 0.405 e. The van der Waals surface area contributed by atoms with Crippen molar-refractivity contribution in [3.05, 3.63) is 0 Å². The van der Waals surface area contributed by atoms with Gasteiger partial charge in [0.2, 0.25) is 5.91 Å². The SMILES string of the molecule is CC(N)C1CCN(C(C)C(=O)NCC(F)(F)F)C1. The van der Waals surface area contributed by atoms with Crippen molar-refractivity contribution >= 4 is 5.91 Å². The lowest BCUT2D eigenvalue weighted by Crippen LogP contribution is -2.47. The third-order valence-electron chi connectivity index (χ3n) is 3.39. The molecule has 0 spiro atoms. The number of nitrogens with zero attached hydrogens (tertiary/aromatic N) is 1. The van der Waals surface area contributed by atoms with Gasteiger partial charge in [0.05, 0.1) is 6.04 Å². The molecule has 1 amide bonds. The van der Waals surface area contributed by atoms with Gasteiger partial charge in [-0.05, 0) is 32.7 Å². The highest BCUT2D eigenvalue weighted by Crippen LogP contribution is 2.21. The molecule has 3 N–H and O–H groups in total. The Morgan fingerprint density at radius 1 is 1.50 bits per heavy atom. The van der Waals surface area contributed by atoms with Gasteiger partial charge in [0.15, 0.2) is 0 Å². The van der Waals surface area contributed by atoms with E-state index in [0.29, 0.717) is 19.0 Å². The van der Waals surface area contributed by atoms with E-state index in [-0.39, 0.29) is 6.04 Å². The minimum absolute atomic E-state index is 0.0421. The van der Waals surface area contributed by atoms with Gasteiger partial charge in [0, 0.05) is 12.6 Å². The molecule has 0 aromatic heterocycles. The summed E-state index contributed by atoms with van der Waals surface area (Å²) in [4.78, 5) is 13.4. The number of rotatable bonds is 4. The normalized spacial score (nSPS) is 24.9. The van der Waals surface area contributed by atoms with E-state index >= 15 is 0 Å². The summed E-state index contributed by atoms with van der Waals surface area (Å²) < 4.78 is 35.9. The molecule has 0 aliphatic carbocycles. The first-order valence-electron chi connectivity index (χ1n) is 6.05. The van der Waals surface area contributed by atoms with Crippen molar-refractivity contribution in [2.75, 3.05) is 19.6 Å². The lowest BCUT2D eigenvalue weighted by Gasteiger charge is -2.24. The number of hydrogen-bond donors (Lipinski definition) is 2. The summed E-state index contributed by atoms with van der Waals surface area (Å²) >= 11 is 0. The zero-order chi connectivity index (χ0) is 13.9. The number of halogens is 3. The molecule has 0 radical (unpaired) electrons. The van der Waals surface area contributed by atoms with Gasteiger partial charge in [-0.25, -0.2) is 0 Å². The van der Waals surface area contributed by atoms with Gasteiger partial charge in [0.25, 0.3) is 0 Å². The minimum Gasteiger partial charge on any atom is -0.346 e. The van der Waals surface area contributed by atoms with E-state index in [4.69, 9.17) is 5.73 Å². The average Bonchev–Trinajstić information content (AvgIpc) is 2.73. The number of nitrogens with two attached hydrogens (primary N) is 1. The summed E-state index contributed by atoms with van der Waals surface area (Å²) in [5, 5.41) is 1.91. The Hall–Kier alpha value is -0.820. The summed E-state index contributed by atoms with van der Waals surface area (Å²) in [7, 11) is 0. The Morgan fingerprint density at radius 2 is 2.11 bits per heavy atom. The van der Waals surface area contributed by atoms with Crippen LogP contribution < -0.4 is 11.1 Å². The zero-order valence-electron chi connectivity index (χ0n) is 10.6. The van der Waals surface area contributed by atoms with E-state index in [2.05, 4.69) is 0 Å². The molecular weight excluding hydrogens is 247 g/mol. The molecule has 1 fully saturated rings. The minimum atomic E-state index is -4.37. The molecule has 3 unspecified atom stereocenters. The van der Waals surface area contributed by atoms with Crippen LogP contribution in [0.1, 0.15) is 20.3 Å². The average molecular weight is 267 g/mol. The van der Waals surface area contributed by atoms with Crippen molar-refractivity contribution < 1.29 is 18.0 Å². The van der Waals surface area contributed by atoms with Crippen LogP contribution in [0.25, 0.3) is 0 Å². The number of hydrogen-bond acceptors (Lipinski definition) is 3. The van der Waals surface area contributed by atoms with E-state index < -0.39 is 24.7 Å². The number of carbonyl (C=O) groups is 1. The van der Waals surface area contributed by atoms with Crippen LogP contribution >= 0.6 is 0 Å². The second-order valence-electron chi connectivity index (χ2n) is 4.91. The highest BCUT2D eigenvalue weighted by Gasteiger charge is 2.33. The largest absolute Gasteiger partial charge is 0.405 e. The monoisotopic (exact) mass is 267 g/mol. The van der Waals surface area contributed by atoms with Crippen molar-refractivity contribution in [3.63, 3.8) is 0 Å². The number of nitrogens with one attached hydrogen (secondary N) is 1. The molecule has 0 saturated carbocycles. The van der Waals surface area contributed by atoms with Crippen LogP contribution in [0.3, 0.4) is 0 Å². The number of carbonyl (C=O) groups excluding carboxylic acids is 1. The fraction of sp³-hybridized carbons (Fsp3) is 0.909. The van der Waals surface area contributed by atoms with Gasteiger partial charge >= 0.3 is 6.18 Å². The van der Waals surface area contributed by atoms with Crippen LogP contribution in [0, 0.1) is 5.92 Å². The second kappa shape index (κ2) is 5.88. The Labute approximate surface area is 105 Å². The molecule has 1 heterocycles. The van der Waals surface area contributed by atoms with Gasteiger partial charge in [-0.3, -0.25) is 9.69 Å². The molecule has 0 aromatic rings. The Balaban J connectivity index is 2.41. The van der Waals surface area contributed by atoms with E-state index in [1.807, 2.05) is 17.1 Å². The molecule has 106 valence electrons. The third-order valence-corrected chi connectivity index (χ3v) is 3.39. The molecule has 4 nitrogen and oxygen atoms in total. The highest BCUT2D eigenvalue weighted by atomic mass is 19.4. The van der Waals surface area contributed by atoms with E-state index in [1.54, 1.807) is 6.92 Å². The number of alkyl halides is 3. The van der Waals surface area contributed by atoms with Crippen LogP contribution in [-0.2, 0) is 4.79 Å². The van der Waals surface area contributed by atoms with Crippen molar-refractivity contribution in [3.8, 4) is 0 Å². The highest BCUT2D eigenvalue weighted by molar-refractivity contribution is 5.81. The first-order chi connectivity index (χ1) is 8.20. The Kier molecular flexibility index (Phi) is 4.98. The maximum atomic E-state index is 12.0. The van der Waals surface area contributed by atoms with E-state index in [1.165, 1.54) is 0 Å². The summed E-state index contributed by atoms with van der Waals surface area (Å²) in [6, 6.07) is -0.503. The molecule has 7 heteroatoms. The topological polar surface area (TPSA) is 58.4 Å². The third kappa shape index (κ3) is 4.45. The Bertz CT molecular complexity index is 294. The zero-order valence-corrected chi connectivity index (χ0v) is 10.6. The van der Waals surface area contributed by atoms with Crippen molar-refractivity contribution in [1.29, 1.82) is 0 Å². The van der Waals surface area contributed by atoms with Gasteiger partial charge in [-0.2, -0.15) is 13.2 Å². The van der Waals surface area contributed by atoms with Crippen molar-refractivity contribution in [2.45, 2.75) is 38.5 Å². The predicted octanol–water partition coefficient (Wildman–Crippen LogP) is 0.722. The summed E-state index contributed by atoms with van der Waals surface area (Å²) in [5.41, 5.74) is 5.78. The molecule has 1 rings (SSSR count). The summed E-state index contributed by atoms with van der Waals surface area (Å²) in [6.07, 6.45) is -3.48. The molecule has 0 aromatic carbocycles. The van der Waals surface area contributed by atoms with Crippen LogP contribution in [0.2, 0.25) is 0 Å². The van der Waals surface area contributed by atoms with Gasteiger partial charge in [-0.15, -0.1) is 0 Å². The van der Waals surface area contributed by atoms with Crippen LogP contribution in [-0.4, -0.2) is 48.7 Å². The van der Waals surface area contributed by atoms with Crippen molar-refractivity contribution in [1.82, 2.24) is 10.2 Å². The molecular formula is C11H20F3N3O. The molecule has 1 aliphatic rings. The first-order valence-corrected chi connectivity index (χ1v) is 6.05. The smallest absolute Gasteiger partial charge is 0.346 e. The van der Waals surface area contributed by atoms with E-state index in [0.717, 1.165) is 6.42 Å². The lowest BCUT2D eigenvalue weighted by molar-refractivity contribution is -0.141. The van der Waals surface area contributed by atoms with Crippen LogP contribution in [0.5, 0.6) is 0 Å². The molecule has 1 saturated heterocycles. The lowest BCUT2D eigenvalue weighted by atomic mass is 10.0. The standard InChI is InChI=1S/C11H20F3N3O/c1-7(15)9-3-4-17(5-9)8(2)10(18)16-6-11(12,13)14/h7-9H,3-6,15H2,1-2H3,(H,16,18). The second-order valence-corrected chi connectivity index (χ2v) is 4.91. The predicted molar refractivity (Wildman–Crippen MR) is 61.9 cm³/mol. The first kappa shape index (κ1) is 15.2. The quantitative estimate of drug-likeness (QED) is 0.789. The molecule has 1 aliphatic heterocycles. The molecule has 0 bridgehead atoms. The van der Waals surface area contributed by atoms with Crippen LogP contribution in [0.15, 0.2) is 0 Å². The fourth-order valence-electron chi connectivity index (χ4n) is 2.10. The summed E-state index contributed by atoms with van der Waals surface area (Å²) in [6.45, 7) is 3.61. The summed E-state index contributed by atoms with van der Waals surface area (Å²) in [5.74, 6) is -0.277. The Morgan fingerprint density at radius 3 is 2.56 bits per heavy atom. The maximum absolute atomic E-state index is 12.0. The van der Waals surface area contributed by atoms with Crippen LogP contribution in [0.4, 0.5) is 13.2 Å². The van der Waals surface area contributed by atoms with Gasteiger partial charge in [0.1, 0.15) is 6.54 Å². The fourth-order valence-corrected chi connectivity index (χ4v) is 2.10.